The fraction of sp³-hybridized carbons (Fsp3) is 0.650. The van der Waals surface area contributed by atoms with Crippen LogP contribution in [0.4, 0.5) is 10.5 Å². The topological polar surface area (TPSA) is 64.6 Å². The normalized spacial score (nSPS) is 17.2. The van der Waals surface area contributed by atoms with Gasteiger partial charge in [-0.1, -0.05) is 39.8 Å². The Labute approximate surface area is 151 Å². The summed E-state index contributed by atoms with van der Waals surface area (Å²) in [6.07, 6.45) is 2.60. The predicted octanol–water partition coefficient (Wildman–Crippen LogP) is 3.02. The largest absolute Gasteiger partial charge is 0.394 e. The van der Waals surface area contributed by atoms with Crippen LogP contribution in [0.25, 0.3) is 0 Å². The molecular formula is C20H33N3O2. The molecule has 0 bridgehead atoms. The third kappa shape index (κ3) is 5.63. The summed E-state index contributed by atoms with van der Waals surface area (Å²) in [4.78, 5) is 14.4. The van der Waals surface area contributed by atoms with E-state index in [2.05, 4.69) is 60.6 Å². The molecule has 5 heteroatoms. The molecule has 2 rings (SSSR count). The van der Waals surface area contributed by atoms with Crippen molar-refractivity contribution in [2.75, 3.05) is 24.6 Å². The molecule has 5 nitrogen and oxygen atoms in total. The zero-order valence-electron chi connectivity index (χ0n) is 16.0. The summed E-state index contributed by atoms with van der Waals surface area (Å²) in [6, 6.07) is 8.69. The van der Waals surface area contributed by atoms with Crippen molar-refractivity contribution in [2.45, 2.75) is 64.5 Å². The molecule has 140 valence electrons. The van der Waals surface area contributed by atoms with E-state index >= 15 is 0 Å². The number of urea groups is 1. The van der Waals surface area contributed by atoms with Crippen molar-refractivity contribution in [2.24, 2.45) is 0 Å². The second kappa shape index (κ2) is 8.56. The highest BCUT2D eigenvalue weighted by Gasteiger charge is 2.22. The summed E-state index contributed by atoms with van der Waals surface area (Å²) in [5, 5.41) is 15.0. The van der Waals surface area contributed by atoms with Crippen LogP contribution in [-0.2, 0) is 5.41 Å². The standard InChI is InChI=1S/C20H33N3O2/c1-5-16(14-24)21-19(25)22-17-10-12-23(13-11-17)18-8-6-15(7-9-18)20(2,3)4/h6-9,16-17,24H,5,10-14H2,1-4H3,(H2,21,22,25). The average molecular weight is 348 g/mol. The summed E-state index contributed by atoms with van der Waals surface area (Å²) in [5.74, 6) is 0. The molecule has 0 saturated carbocycles. The van der Waals surface area contributed by atoms with Gasteiger partial charge in [-0.05, 0) is 42.4 Å². The summed E-state index contributed by atoms with van der Waals surface area (Å²) >= 11 is 0. The molecule has 0 spiro atoms. The number of piperidine rings is 1. The van der Waals surface area contributed by atoms with Crippen molar-refractivity contribution < 1.29 is 9.90 Å². The Morgan fingerprint density at radius 3 is 2.32 bits per heavy atom. The van der Waals surface area contributed by atoms with Crippen molar-refractivity contribution in [3.05, 3.63) is 29.8 Å². The minimum absolute atomic E-state index is 0.0209. The van der Waals surface area contributed by atoms with E-state index < -0.39 is 0 Å². The van der Waals surface area contributed by atoms with E-state index in [-0.39, 0.29) is 30.1 Å². The third-order valence-corrected chi connectivity index (χ3v) is 4.98. The van der Waals surface area contributed by atoms with Crippen LogP contribution in [0.1, 0.15) is 52.5 Å². The first-order valence-electron chi connectivity index (χ1n) is 9.37. The molecule has 1 atom stereocenters. The highest BCUT2D eigenvalue weighted by atomic mass is 16.3. The number of carbonyl (C=O) groups is 1. The van der Waals surface area contributed by atoms with Crippen molar-refractivity contribution in [1.29, 1.82) is 0 Å². The SMILES string of the molecule is CCC(CO)NC(=O)NC1CCN(c2ccc(C(C)(C)C)cc2)CC1. The third-order valence-electron chi connectivity index (χ3n) is 4.98. The van der Waals surface area contributed by atoms with Crippen LogP contribution in [-0.4, -0.2) is 42.9 Å². The van der Waals surface area contributed by atoms with E-state index in [1.54, 1.807) is 0 Å². The molecular weight excluding hydrogens is 314 g/mol. The van der Waals surface area contributed by atoms with E-state index in [0.717, 1.165) is 32.4 Å². The van der Waals surface area contributed by atoms with Crippen molar-refractivity contribution in [1.82, 2.24) is 10.6 Å². The van der Waals surface area contributed by atoms with Crippen LogP contribution in [0.3, 0.4) is 0 Å². The van der Waals surface area contributed by atoms with Gasteiger partial charge >= 0.3 is 6.03 Å². The van der Waals surface area contributed by atoms with E-state index in [1.807, 2.05) is 6.92 Å². The van der Waals surface area contributed by atoms with Crippen LogP contribution >= 0.6 is 0 Å². The first-order chi connectivity index (χ1) is 11.8. The summed E-state index contributed by atoms with van der Waals surface area (Å²) in [5.41, 5.74) is 2.77. The number of carbonyl (C=O) groups excluding carboxylic acids is 1. The number of benzene rings is 1. The molecule has 1 aliphatic heterocycles. The number of hydrogen-bond donors (Lipinski definition) is 3. The van der Waals surface area contributed by atoms with Gasteiger partial charge in [0.1, 0.15) is 0 Å². The van der Waals surface area contributed by atoms with E-state index in [4.69, 9.17) is 5.11 Å². The molecule has 3 N–H and O–H groups in total. The number of nitrogens with zero attached hydrogens (tertiary/aromatic N) is 1. The molecule has 1 aromatic carbocycles. The minimum Gasteiger partial charge on any atom is -0.394 e. The van der Waals surface area contributed by atoms with Gasteiger partial charge in [0.05, 0.1) is 12.6 Å². The monoisotopic (exact) mass is 347 g/mol. The maximum Gasteiger partial charge on any atom is 0.315 e. The Bertz CT molecular complexity index is 539. The van der Waals surface area contributed by atoms with Gasteiger partial charge in [0.25, 0.3) is 0 Å². The smallest absolute Gasteiger partial charge is 0.315 e. The molecule has 1 fully saturated rings. The molecule has 0 radical (unpaired) electrons. The lowest BCUT2D eigenvalue weighted by Crippen LogP contribution is -2.50. The Kier molecular flexibility index (Phi) is 6.71. The second-order valence-electron chi connectivity index (χ2n) is 7.96. The van der Waals surface area contributed by atoms with Crippen molar-refractivity contribution >= 4 is 11.7 Å². The van der Waals surface area contributed by atoms with Gasteiger partial charge in [0, 0.05) is 24.8 Å². The Morgan fingerprint density at radius 1 is 1.24 bits per heavy atom. The average Bonchev–Trinajstić information content (AvgIpc) is 2.59. The fourth-order valence-electron chi connectivity index (χ4n) is 3.14. The molecule has 1 heterocycles. The lowest BCUT2D eigenvalue weighted by Gasteiger charge is -2.34. The lowest BCUT2D eigenvalue weighted by molar-refractivity contribution is 0.210. The summed E-state index contributed by atoms with van der Waals surface area (Å²) in [6.45, 7) is 10.5. The molecule has 1 aromatic rings. The van der Waals surface area contributed by atoms with Gasteiger partial charge in [-0.25, -0.2) is 4.79 Å². The number of nitrogens with one attached hydrogen (secondary N) is 2. The van der Waals surface area contributed by atoms with Gasteiger partial charge in [-0.2, -0.15) is 0 Å². The Morgan fingerprint density at radius 2 is 1.84 bits per heavy atom. The van der Waals surface area contributed by atoms with Crippen molar-refractivity contribution in [3.8, 4) is 0 Å². The maximum absolute atomic E-state index is 12.0. The maximum atomic E-state index is 12.0. The molecule has 25 heavy (non-hydrogen) atoms. The van der Waals surface area contributed by atoms with Crippen molar-refractivity contribution in [3.63, 3.8) is 0 Å². The molecule has 0 aliphatic carbocycles. The molecule has 0 aromatic heterocycles. The second-order valence-corrected chi connectivity index (χ2v) is 7.96. The minimum atomic E-state index is -0.172. The summed E-state index contributed by atoms with van der Waals surface area (Å²) < 4.78 is 0. The van der Waals surface area contributed by atoms with Crippen LogP contribution in [0.2, 0.25) is 0 Å². The highest BCUT2D eigenvalue weighted by Crippen LogP contribution is 2.26. The van der Waals surface area contributed by atoms with Gasteiger partial charge in [-0.15, -0.1) is 0 Å². The fourth-order valence-corrected chi connectivity index (χ4v) is 3.14. The van der Waals surface area contributed by atoms with Crippen LogP contribution in [0.15, 0.2) is 24.3 Å². The van der Waals surface area contributed by atoms with Crippen LogP contribution < -0.4 is 15.5 Å². The Hall–Kier alpha value is -1.75. The first kappa shape index (κ1) is 19.6. The lowest BCUT2D eigenvalue weighted by atomic mass is 9.87. The van der Waals surface area contributed by atoms with Gasteiger partial charge in [0.2, 0.25) is 0 Å². The number of aliphatic hydroxyl groups is 1. The number of anilines is 1. The molecule has 1 aliphatic rings. The molecule has 2 amide bonds. The van der Waals surface area contributed by atoms with Crippen LogP contribution in [0.5, 0.6) is 0 Å². The molecule has 1 unspecified atom stereocenters. The van der Waals surface area contributed by atoms with Gasteiger partial charge in [-0.3, -0.25) is 0 Å². The predicted molar refractivity (Wildman–Crippen MR) is 103 cm³/mol. The van der Waals surface area contributed by atoms with E-state index in [0.29, 0.717) is 0 Å². The quantitative estimate of drug-likeness (QED) is 0.767. The van der Waals surface area contributed by atoms with Gasteiger partial charge in [0.15, 0.2) is 0 Å². The van der Waals surface area contributed by atoms with Crippen LogP contribution in [0, 0.1) is 0 Å². The van der Waals surface area contributed by atoms with E-state index in [1.165, 1.54) is 11.3 Å². The Balaban J connectivity index is 1.82. The highest BCUT2D eigenvalue weighted by molar-refractivity contribution is 5.74. The number of rotatable bonds is 5. The van der Waals surface area contributed by atoms with E-state index in [9.17, 15) is 4.79 Å². The molecule has 1 saturated heterocycles. The number of amides is 2. The number of hydrogen-bond acceptors (Lipinski definition) is 3. The zero-order valence-corrected chi connectivity index (χ0v) is 16.0. The zero-order chi connectivity index (χ0) is 18.4. The van der Waals surface area contributed by atoms with Gasteiger partial charge < -0.3 is 20.6 Å². The first-order valence-corrected chi connectivity index (χ1v) is 9.37. The number of aliphatic hydroxyl groups excluding tert-OH is 1. The summed E-state index contributed by atoms with van der Waals surface area (Å²) in [7, 11) is 0.